The van der Waals surface area contributed by atoms with Crippen molar-refractivity contribution in [2.45, 2.75) is 13.5 Å². The average Bonchev–Trinajstić information content (AvgIpc) is 2.61. The van der Waals surface area contributed by atoms with Crippen molar-refractivity contribution in [2.24, 2.45) is 0 Å². The van der Waals surface area contributed by atoms with Crippen LogP contribution in [0.4, 0.5) is 23.1 Å². The Labute approximate surface area is 145 Å². The van der Waals surface area contributed by atoms with Crippen LogP contribution >= 0.6 is 0 Å². The van der Waals surface area contributed by atoms with Gasteiger partial charge >= 0.3 is 0 Å². The second-order valence-corrected chi connectivity index (χ2v) is 5.37. The normalized spacial score (nSPS) is 10.1. The van der Waals surface area contributed by atoms with Gasteiger partial charge in [-0.05, 0) is 35.9 Å². The van der Waals surface area contributed by atoms with E-state index in [1.807, 2.05) is 36.4 Å². The number of pyridine rings is 1. The first-order chi connectivity index (χ1) is 12.2. The first-order valence-corrected chi connectivity index (χ1v) is 7.79. The lowest BCUT2D eigenvalue weighted by atomic mass is 10.2. The molecule has 0 fully saturated rings. The maximum Gasteiger partial charge on any atom is 0.229 e. The Hall–Kier alpha value is -3.48. The molecule has 2 aromatic heterocycles. The van der Waals surface area contributed by atoms with Crippen LogP contribution in [0.2, 0.25) is 0 Å². The van der Waals surface area contributed by atoms with Crippen LogP contribution in [-0.2, 0) is 11.3 Å². The molecular formula is C18H18N6O. The first kappa shape index (κ1) is 16.4. The highest BCUT2D eigenvalue weighted by atomic mass is 16.1. The summed E-state index contributed by atoms with van der Waals surface area (Å²) in [6, 6.07) is 13.1. The number of rotatable bonds is 6. The molecule has 0 saturated carbocycles. The Morgan fingerprint density at radius 1 is 1.08 bits per heavy atom. The van der Waals surface area contributed by atoms with Gasteiger partial charge in [0.15, 0.2) is 0 Å². The number of nitrogens with one attached hydrogen (secondary N) is 3. The number of benzene rings is 1. The molecule has 2 heterocycles. The van der Waals surface area contributed by atoms with Gasteiger partial charge in [0.05, 0.1) is 0 Å². The molecule has 25 heavy (non-hydrogen) atoms. The summed E-state index contributed by atoms with van der Waals surface area (Å²) in [6.07, 6.45) is 5.23. The van der Waals surface area contributed by atoms with Crippen molar-refractivity contribution in [1.29, 1.82) is 0 Å². The van der Waals surface area contributed by atoms with Crippen molar-refractivity contribution in [3.8, 4) is 0 Å². The van der Waals surface area contributed by atoms with Gasteiger partial charge in [0.1, 0.15) is 5.82 Å². The van der Waals surface area contributed by atoms with Crippen LogP contribution in [0.1, 0.15) is 12.5 Å². The predicted octanol–water partition coefficient (Wildman–Crippen LogP) is 3.19. The SMILES string of the molecule is CC(=O)Nc1cccc(Nc2nccc(NCc3cccnc3)n2)c1. The predicted molar refractivity (Wildman–Crippen MR) is 97.6 cm³/mol. The molecule has 0 bridgehead atoms. The zero-order chi connectivity index (χ0) is 17.5. The Morgan fingerprint density at radius 2 is 1.96 bits per heavy atom. The number of carbonyl (C=O) groups is 1. The number of anilines is 4. The minimum absolute atomic E-state index is 0.116. The molecular weight excluding hydrogens is 316 g/mol. The lowest BCUT2D eigenvalue weighted by Crippen LogP contribution is -2.06. The fourth-order valence-corrected chi connectivity index (χ4v) is 2.22. The topological polar surface area (TPSA) is 91.8 Å². The van der Waals surface area contributed by atoms with Gasteiger partial charge in [0.2, 0.25) is 11.9 Å². The molecule has 1 aromatic carbocycles. The summed E-state index contributed by atoms with van der Waals surface area (Å²) in [4.78, 5) is 23.9. The highest BCUT2D eigenvalue weighted by molar-refractivity contribution is 5.89. The lowest BCUT2D eigenvalue weighted by molar-refractivity contribution is -0.114. The Bertz CT molecular complexity index is 853. The average molecular weight is 334 g/mol. The van der Waals surface area contributed by atoms with Crippen LogP contribution in [0.15, 0.2) is 61.1 Å². The van der Waals surface area contributed by atoms with Crippen molar-refractivity contribution in [2.75, 3.05) is 16.0 Å². The summed E-state index contributed by atoms with van der Waals surface area (Å²) < 4.78 is 0. The molecule has 0 atom stereocenters. The molecule has 3 N–H and O–H groups in total. The second kappa shape index (κ2) is 7.87. The van der Waals surface area contributed by atoms with Crippen molar-refractivity contribution < 1.29 is 4.79 Å². The molecule has 126 valence electrons. The van der Waals surface area contributed by atoms with E-state index in [1.165, 1.54) is 6.92 Å². The third-order valence-electron chi connectivity index (χ3n) is 3.29. The highest BCUT2D eigenvalue weighted by Gasteiger charge is 2.02. The summed E-state index contributed by atoms with van der Waals surface area (Å²) in [5.41, 5.74) is 2.57. The van der Waals surface area contributed by atoms with Gasteiger partial charge in [0, 0.05) is 43.4 Å². The van der Waals surface area contributed by atoms with Crippen LogP contribution in [0.25, 0.3) is 0 Å². The summed E-state index contributed by atoms with van der Waals surface area (Å²) in [5.74, 6) is 1.06. The maximum absolute atomic E-state index is 11.1. The molecule has 0 spiro atoms. The Kier molecular flexibility index (Phi) is 5.16. The van der Waals surface area contributed by atoms with Crippen molar-refractivity contribution in [1.82, 2.24) is 15.0 Å². The van der Waals surface area contributed by atoms with Crippen molar-refractivity contribution in [3.05, 3.63) is 66.6 Å². The molecule has 7 heteroatoms. The summed E-state index contributed by atoms with van der Waals surface area (Å²) in [5, 5.41) is 9.11. The zero-order valence-corrected chi connectivity index (χ0v) is 13.7. The molecule has 0 aliphatic rings. The van der Waals surface area contributed by atoms with E-state index < -0.39 is 0 Å². The quantitative estimate of drug-likeness (QED) is 0.641. The molecule has 3 aromatic rings. The second-order valence-electron chi connectivity index (χ2n) is 5.37. The fourth-order valence-electron chi connectivity index (χ4n) is 2.22. The van der Waals surface area contributed by atoms with E-state index in [9.17, 15) is 4.79 Å². The Balaban J connectivity index is 1.66. The fraction of sp³-hybridized carbons (Fsp3) is 0.111. The number of nitrogens with zero attached hydrogens (tertiary/aromatic N) is 3. The van der Waals surface area contributed by atoms with Gasteiger partial charge in [-0.25, -0.2) is 4.98 Å². The van der Waals surface area contributed by atoms with Crippen molar-refractivity contribution >= 4 is 29.0 Å². The van der Waals surface area contributed by atoms with E-state index in [-0.39, 0.29) is 5.91 Å². The van der Waals surface area contributed by atoms with Crippen LogP contribution in [-0.4, -0.2) is 20.9 Å². The monoisotopic (exact) mass is 334 g/mol. The van der Waals surface area contributed by atoms with Gasteiger partial charge in [0.25, 0.3) is 0 Å². The van der Waals surface area contributed by atoms with Gasteiger partial charge < -0.3 is 16.0 Å². The molecule has 7 nitrogen and oxygen atoms in total. The molecule has 3 rings (SSSR count). The van der Waals surface area contributed by atoms with Gasteiger partial charge in [-0.15, -0.1) is 0 Å². The van der Waals surface area contributed by atoms with Crippen LogP contribution in [0.3, 0.4) is 0 Å². The van der Waals surface area contributed by atoms with Gasteiger partial charge in [-0.3, -0.25) is 9.78 Å². The first-order valence-electron chi connectivity index (χ1n) is 7.79. The third-order valence-corrected chi connectivity index (χ3v) is 3.29. The van der Waals surface area contributed by atoms with E-state index in [1.54, 1.807) is 24.7 Å². The molecule has 0 aliphatic heterocycles. The van der Waals surface area contributed by atoms with Crippen LogP contribution in [0.5, 0.6) is 0 Å². The Morgan fingerprint density at radius 3 is 2.76 bits per heavy atom. The largest absolute Gasteiger partial charge is 0.366 e. The van der Waals surface area contributed by atoms with Crippen LogP contribution < -0.4 is 16.0 Å². The minimum atomic E-state index is -0.116. The van der Waals surface area contributed by atoms with Gasteiger partial charge in [-0.2, -0.15) is 4.98 Å². The molecule has 0 radical (unpaired) electrons. The van der Waals surface area contributed by atoms with Gasteiger partial charge in [-0.1, -0.05) is 12.1 Å². The minimum Gasteiger partial charge on any atom is -0.366 e. The maximum atomic E-state index is 11.1. The lowest BCUT2D eigenvalue weighted by Gasteiger charge is -2.09. The number of carbonyl (C=O) groups excluding carboxylic acids is 1. The van der Waals surface area contributed by atoms with E-state index in [0.717, 1.165) is 11.3 Å². The van der Waals surface area contributed by atoms with Crippen molar-refractivity contribution in [3.63, 3.8) is 0 Å². The smallest absolute Gasteiger partial charge is 0.229 e. The summed E-state index contributed by atoms with van der Waals surface area (Å²) in [6.45, 7) is 2.10. The molecule has 0 aliphatic carbocycles. The number of hydrogen-bond donors (Lipinski definition) is 3. The molecule has 0 saturated heterocycles. The van der Waals surface area contributed by atoms with E-state index in [2.05, 4.69) is 30.9 Å². The highest BCUT2D eigenvalue weighted by Crippen LogP contribution is 2.18. The standard InChI is InChI=1S/C18H18N6O/c1-13(25)22-15-5-2-6-16(10-15)23-18-20-9-7-17(24-18)21-12-14-4-3-8-19-11-14/h2-11H,12H2,1H3,(H,22,25)(H2,20,21,23,24). The molecule has 1 amide bonds. The number of amides is 1. The third kappa shape index (κ3) is 5.00. The number of aromatic nitrogens is 3. The summed E-state index contributed by atoms with van der Waals surface area (Å²) >= 11 is 0. The zero-order valence-electron chi connectivity index (χ0n) is 13.7. The summed E-state index contributed by atoms with van der Waals surface area (Å²) in [7, 11) is 0. The van der Waals surface area contributed by atoms with Crippen LogP contribution in [0, 0.1) is 0 Å². The number of hydrogen-bond acceptors (Lipinski definition) is 6. The van der Waals surface area contributed by atoms with E-state index in [4.69, 9.17) is 0 Å². The van der Waals surface area contributed by atoms with E-state index in [0.29, 0.717) is 24.0 Å². The van der Waals surface area contributed by atoms with E-state index >= 15 is 0 Å². The molecule has 0 unspecified atom stereocenters.